The molecule has 0 saturated heterocycles. The summed E-state index contributed by atoms with van der Waals surface area (Å²) in [4.78, 5) is 27.4. The molecule has 0 aliphatic heterocycles. The molecule has 30 heavy (non-hydrogen) atoms. The molecule has 0 unspecified atom stereocenters. The van der Waals surface area contributed by atoms with Crippen molar-refractivity contribution < 1.29 is 9.59 Å². The minimum Gasteiger partial charge on any atom is -0.326 e. The van der Waals surface area contributed by atoms with E-state index in [4.69, 9.17) is 0 Å². The Morgan fingerprint density at radius 3 is 2.47 bits per heavy atom. The van der Waals surface area contributed by atoms with Crippen LogP contribution >= 0.6 is 0 Å². The number of nitrogens with zero attached hydrogens (tertiary/aromatic N) is 1. The van der Waals surface area contributed by atoms with Crippen LogP contribution in [0.4, 0.5) is 11.4 Å². The van der Waals surface area contributed by atoms with Crippen molar-refractivity contribution >= 4 is 23.2 Å². The highest BCUT2D eigenvalue weighted by Gasteiger charge is 2.30. The molecule has 0 atom stereocenters. The second-order valence-corrected chi connectivity index (χ2v) is 8.33. The predicted molar refractivity (Wildman–Crippen MR) is 123 cm³/mol. The fraction of sp³-hybridized carbons (Fsp3) is 0.440. The van der Waals surface area contributed by atoms with Gasteiger partial charge in [0.2, 0.25) is 11.8 Å². The van der Waals surface area contributed by atoms with Gasteiger partial charge in [-0.05, 0) is 68.4 Å². The van der Waals surface area contributed by atoms with E-state index in [9.17, 15) is 9.59 Å². The lowest BCUT2D eigenvalue weighted by molar-refractivity contribution is -0.119. The van der Waals surface area contributed by atoms with E-state index in [1.54, 1.807) is 0 Å². The van der Waals surface area contributed by atoms with Crippen LogP contribution in [0.2, 0.25) is 0 Å². The zero-order valence-electron chi connectivity index (χ0n) is 18.5. The second kappa shape index (κ2) is 9.90. The molecule has 3 rings (SSSR count). The molecule has 0 spiro atoms. The molecule has 2 amide bonds. The van der Waals surface area contributed by atoms with E-state index in [0.717, 1.165) is 52.9 Å². The minimum atomic E-state index is -0.0248. The molecule has 0 aromatic heterocycles. The Labute approximate surface area is 179 Å². The molecule has 160 valence electrons. The minimum absolute atomic E-state index is 0.000383. The van der Waals surface area contributed by atoms with Gasteiger partial charge in [0.1, 0.15) is 0 Å². The lowest BCUT2D eigenvalue weighted by Gasteiger charge is -2.22. The molecule has 1 saturated carbocycles. The highest BCUT2D eigenvalue weighted by atomic mass is 16.2. The van der Waals surface area contributed by atoms with Crippen LogP contribution < -0.4 is 10.6 Å². The van der Waals surface area contributed by atoms with E-state index in [2.05, 4.69) is 28.5 Å². The molecular formula is C25H33N3O2. The maximum atomic E-state index is 12.6. The number of para-hydroxylation sites is 1. The Balaban J connectivity index is 1.55. The summed E-state index contributed by atoms with van der Waals surface area (Å²) in [5, 5.41) is 6.12. The molecule has 1 fully saturated rings. The van der Waals surface area contributed by atoms with Crippen molar-refractivity contribution in [1.82, 2.24) is 4.90 Å². The van der Waals surface area contributed by atoms with Gasteiger partial charge in [0.05, 0.1) is 6.54 Å². The van der Waals surface area contributed by atoms with E-state index in [1.807, 2.05) is 51.1 Å². The third kappa shape index (κ3) is 5.92. The molecular weight excluding hydrogens is 374 g/mol. The summed E-state index contributed by atoms with van der Waals surface area (Å²) in [5.41, 5.74) is 6.19. The van der Waals surface area contributed by atoms with Crippen LogP contribution in [0.25, 0.3) is 0 Å². The summed E-state index contributed by atoms with van der Waals surface area (Å²) in [6.07, 6.45) is 3.45. The monoisotopic (exact) mass is 407 g/mol. The standard InChI is InChI=1S/C25H33N3O2/c1-5-20-8-6-7-19(4)25(20)27-23(29)13-14-28(21-11-12-21)16-24(30)26-22-15-17(2)9-10-18(22)3/h6-10,15,21H,5,11-14,16H2,1-4H3,(H,26,30)(H,27,29). The molecule has 0 bridgehead atoms. The van der Waals surface area contributed by atoms with E-state index in [-0.39, 0.29) is 11.8 Å². The summed E-state index contributed by atoms with van der Waals surface area (Å²) in [5.74, 6) is -0.0252. The molecule has 1 aliphatic carbocycles. The predicted octanol–water partition coefficient (Wildman–Crippen LogP) is 4.61. The first-order valence-electron chi connectivity index (χ1n) is 10.9. The summed E-state index contributed by atoms with van der Waals surface area (Å²) in [7, 11) is 0. The van der Waals surface area contributed by atoms with Crippen molar-refractivity contribution in [1.29, 1.82) is 0 Å². The number of amides is 2. The van der Waals surface area contributed by atoms with Gasteiger partial charge in [-0.25, -0.2) is 0 Å². The van der Waals surface area contributed by atoms with Gasteiger partial charge in [-0.15, -0.1) is 0 Å². The van der Waals surface area contributed by atoms with Crippen LogP contribution in [-0.4, -0.2) is 35.8 Å². The molecule has 0 radical (unpaired) electrons. The summed E-state index contributed by atoms with van der Waals surface area (Å²) < 4.78 is 0. The first-order valence-corrected chi connectivity index (χ1v) is 10.9. The number of anilines is 2. The molecule has 2 aromatic carbocycles. The molecule has 2 aromatic rings. The fourth-order valence-electron chi connectivity index (χ4n) is 3.72. The Hall–Kier alpha value is -2.66. The summed E-state index contributed by atoms with van der Waals surface area (Å²) in [6.45, 7) is 9.02. The fourth-order valence-corrected chi connectivity index (χ4v) is 3.72. The number of hydrogen-bond donors (Lipinski definition) is 2. The van der Waals surface area contributed by atoms with Crippen LogP contribution in [-0.2, 0) is 16.0 Å². The van der Waals surface area contributed by atoms with Gasteiger partial charge >= 0.3 is 0 Å². The Bertz CT molecular complexity index is 919. The quantitative estimate of drug-likeness (QED) is 0.638. The lowest BCUT2D eigenvalue weighted by atomic mass is 10.1. The van der Waals surface area contributed by atoms with Crippen LogP contribution in [0.15, 0.2) is 36.4 Å². The van der Waals surface area contributed by atoms with Crippen molar-refractivity contribution in [3.63, 3.8) is 0 Å². The molecule has 1 aliphatic rings. The average Bonchev–Trinajstić information content (AvgIpc) is 3.54. The van der Waals surface area contributed by atoms with E-state index in [1.165, 1.54) is 0 Å². The van der Waals surface area contributed by atoms with Gasteiger partial charge in [-0.2, -0.15) is 0 Å². The smallest absolute Gasteiger partial charge is 0.238 e. The normalized spacial score (nSPS) is 13.4. The van der Waals surface area contributed by atoms with Crippen LogP contribution in [0, 0.1) is 20.8 Å². The second-order valence-electron chi connectivity index (χ2n) is 8.33. The first-order chi connectivity index (χ1) is 14.4. The zero-order chi connectivity index (χ0) is 21.7. The largest absolute Gasteiger partial charge is 0.326 e. The molecule has 0 heterocycles. The number of rotatable bonds is 9. The number of hydrogen-bond acceptors (Lipinski definition) is 3. The van der Waals surface area contributed by atoms with Gasteiger partial charge in [-0.1, -0.05) is 37.3 Å². The van der Waals surface area contributed by atoms with Crippen molar-refractivity contribution in [2.45, 2.75) is 59.4 Å². The third-order valence-electron chi connectivity index (χ3n) is 5.71. The summed E-state index contributed by atoms with van der Waals surface area (Å²) in [6, 6.07) is 12.6. The highest BCUT2D eigenvalue weighted by Crippen LogP contribution is 2.27. The molecule has 5 nitrogen and oxygen atoms in total. The first kappa shape index (κ1) is 22.0. The Kier molecular flexibility index (Phi) is 7.27. The number of nitrogens with one attached hydrogen (secondary N) is 2. The van der Waals surface area contributed by atoms with Crippen LogP contribution in [0.1, 0.15) is 48.4 Å². The third-order valence-corrected chi connectivity index (χ3v) is 5.71. The lowest BCUT2D eigenvalue weighted by Crippen LogP contribution is -2.37. The van der Waals surface area contributed by atoms with E-state index < -0.39 is 0 Å². The van der Waals surface area contributed by atoms with Gasteiger partial charge in [0.15, 0.2) is 0 Å². The Morgan fingerprint density at radius 2 is 1.77 bits per heavy atom. The number of carbonyl (C=O) groups excluding carboxylic acids is 2. The van der Waals surface area contributed by atoms with Crippen LogP contribution in [0.3, 0.4) is 0 Å². The number of aryl methyl sites for hydroxylation is 4. The summed E-state index contributed by atoms with van der Waals surface area (Å²) >= 11 is 0. The van der Waals surface area contributed by atoms with Gasteiger partial charge in [-0.3, -0.25) is 14.5 Å². The number of carbonyl (C=O) groups is 2. The van der Waals surface area contributed by atoms with Crippen molar-refractivity contribution in [2.24, 2.45) is 0 Å². The Morgan fingerprint density at radius 1 is 1.00 bits per heavy atom. The van der Waals surface area contributed by atoms with Crippen molar-refractivity contribution in [3.05, 3.63) is 58.7 Å². The maximum Gasteiger partial charge on any atom is 0.238 e. The van der Waals surface area contributed by atoms with E-state index in [0.29, 0.717) is 25.6 Å². The molecule has 5 heteroatoms. The van der Waals surface area contributed by atoms with Gasteiger partial charge in [0, 0.05) is 30.4 Å². The topological polar surface area (TPSA) is 61.4 Å². The van der Waals surface area contributed by atoms with Crippen molar-refractivity contribution in [2.75, 3.05) is 23.7 Å². The highest BCUT2D eigenvalue weighted by molar-refractivity contribution is 5.94. The zero-order valence-corrected chi connectivity index (χ0v) is 18.5. The van der Waals surface area contributed by atoms with Gasteiger partial charge in [0.25, 0.3) is 0 Å². The maximum absolute atomic E-state index is 12.6. The van der Waals surface area contributed by atoms with Crippen molar-refractivity contribution in [3.8, 4) is 0 Å². The average molecular weight is 408 g/mol. The SMILES string of the molecule is CCc1cccc(C)c1NC(=O)CCN(CC(=O)Nc1cc(C)ccc1C)C1CC1. The van der Waals surface area contributed by atoms with E-state index >= 15 is 0 Å². The molecule has 2 N–H and O–H groups in total. The van der Waals surface area contributed by atoms with Gasteiger partial charge < -0.3 is 10.6 Å². The number of benzene rings is 2. The van der Waals surface area contributed by atoms with Crippen LogP contribution in [0.5, 0.6) is 0 Å².